The number of nitrogens with one attached hydrogen (secondary N) is 1. The predicted octanol–water partition coefficient (Wildman–Crippen LogP) is 3.47. The first-order valence-corrected chi connectivity index (χ1v) is 11.4. The van der Waals surface area contributed by atoms with Gasteiger partial charge in [0, 0.05) is 29.8 Å². The molecule has 4 rings (SSSR count). The molecule has 0 saturated heterocycles. The summed E-state index contributed by atoms with van der Waals surface area (Å²) in [6.45, 7) is 3.70. The second-order valence-electron chi connectivity index (χ2n) is 7.17. The summed E-state index contributed by atoms with van der Waals surface area (Å²) in [5, 5.41) is 2.71. The third-order valence-electron chi connectivity index (χ3n) is 4.65. The number of pyridine rings is 1. The van der Waals surface area contributed by atoms with Gasteiger partial charge >= 0.3 is 0 Å². The van der Waals surface area contributed by atoms with Gasteiger partial charge in [0.2, 0.25) is 5.76 Å². The summed E-state index contributed by atoms with van der Waals surface area (Å²) in [5.74, 6) is 0.111. The molecule has 0 atom stereocenters. The Labute approximate surface area is 184 Å². The highest BCUT2D eigenvalue weighted by molar-refractivity contribution is 7.90. The summed E-state index contributed by atoms with van der Waals surface area (Å²) in [7, 11) is -3.33. The van der Waals surface area contributed by atoms with Crippen molar-refractivity contribution in [2.24, 2.45) is 0 Å². The average molecular weight is 449 g/mol. The van der Waals surface area contributed by atoms with E-state index in [0.717, 1.165) is 18.2 Å². The highest BCUT2D eigenvalue weighted by atomic mass is 32.2. The number of aryl methyl sites for hydroxylation is 2. The number of carbonyl (C=O) groups is 1. The summed E-state index contributed by atoms with van der Waals surface area (Å²) >= 11 is 0. The van der Waals surface area contributed by atoms with E-state index in [0.29, 0.717) is 22.8 Å². The first-order valence-electron chi connectivity index (χ1n) is 9.55. The maximum Gasteiger partial charge on any atom is 0.294 e. The molecule has 0 bridgehead atoms. The van der Waals surface area contributed by atoms with Crippen LogP contribution < -0.4 is 5.32 Å². The summed E-state index contributed by atoms with van der Waals surface area (Å²) in [4.78, 5) is 30.4. The molecule has 0 fully saturated rings. The zero-order valence-electron chi connectivity index (χ0n) is 17.5. The van der Waals surface area contributed by atoms with Crippen LogP contribution >= 0.6 is 0 Å². The Bertz CT molecular complexity index is 1410. The maximum absolute atomic E-state index is 12.9. The van der Waals surface area contributed by atoms with Crippen molar-refractivity contribution < 1.29 is 17.6 Å². The molecule has 9 nitrogen and oxygen atoms in total. The molecule has 10 heteroatoms. The second kappa shape index (κ2) is 8.31. The third-order valence-corrected chi connectivity index (χ3v) is 5.78. The van der Waals surface area contributed by atoms with Gasteiger partial charge in [-0.3, -0.25) is 9.78 Å². The van der Waals surface area contributed by atoms with Crippen LogP contribution in [0.1, 0.15) is 21.8 Å². The molecule has 0 saturated carbocycles. The lowest BCUT2D eigenvalue weighted by molar-refractivity contribution is 0.0997. The van der Waals surface area contributed by atoms with Crippen molar-refractivity contribution in [3.8, 4) is 22.8 Å². The molecule has 0 aliphatic rings. The fourth-order valence-corrected chi connectivity index (χ4v) is 3.73. The lowest BCUT2D eigenvalue weighted by Crippen LogP contribution is -2.14. The summed E-state index contributed by atoms with van der Waals surface area (Å²) in [6, 6.07) is 11.4. The Kier molecular flexibility index (Phi) is 5.54. The van der Waals surface area contributed by atoms with E-state index in [1.165, 1.54) is 12.1 Å². The van der Waals surface area contributed by atoms with Crippen molar-refractivity contribution in [2.75, 3.05) is 11.6 Å². The molecular weight excluding hydrogens is 430 g/mol. The number of carbonyl (C=O) groups excluding carboxylic acids is 1. The van der Waals surface area contributed by atoms with E-state index >= 15 is 0 Å². The van der Waals surface area contributed by atoms with E-state index in [2.05, 4.69) is 25.3 Å². The number of sulfone groups is 1. The largest absolute Gasteiger partial charge is 0.438 e. The van der Waals surface area contributed by atoms with Crippen LogP contribution in [0, 0.1) is 13.8 Å². The van der Waals surface area contributed by atoms with E-state index in [9.17, 15) is 13.2 Å². The van der Waals surface area contributed by atoms with Crippen molar-refractivity contribution in [2.45, 2.75) is 18.7 Å². The number of nitrogens with zero attached hydrogens (tertiary/aromatic N) is 4. The number of hydrogen-bond donors (Lipinski definition) is 1. The SMILES string of the molecule is Cc1cc(NC(=O)c2ocnc2-c2ccc(S(C)(=O)=O)cc2)nc(-c2ncccc2C)n1. The molecule has 0 aliphatic carbocycles. The number of hydrogen-bond acceptors (Lipinski definition) is 8. The number of rotatable bonds is 5. The summed E-state index contributed by atoms with van der Waals surface area (Å²) in [6.07, 6.45) is 3.94. The van der Waals surface area contributed by atoms with Crippen molar-refractivity contribution in [1.29, 1.82) is 0 Å². The lowest BCUT2D eigenvalue weighted by Gasteiger charge is -2.08. The highest BCUT2D eigenvalue weighted by Gasteiger charge is 2.20. The molecule has 1 aromatic carbocycles. The average Bonchev–Trinajstić information content (AvgIpc) is 3.23. The number of oxazole rings is 1. The van der Waals surface area contributed by atoms with E-state index in [1.807, 2.05) is 19.1 Å². The van der Waals surface area contributed by atoms with Crippen molar-refractivity contribution in [3.63, 3.8) is 0 Å². The zero-order chi connectivity index (χ0) is 22.9. The van der Waals surface area contributed by atoms with Crippen LogP contribution in [-0.4, -0.2) is 40.5 Å². The van der Waals surface area contributed by atoms with Gasteiger partial charge in [-0.05, 0) is 37.6 Å². The minimum atomic E-state index is -3.33. The van der Waals surface area contributed by atoms with Gasteiger partial charge < -0.3 is 9.73 Å². The Morgan fingerprint density at radius 3 is 2.44 bits per heavy atom. The number of benzene rings is 1. The Morgan fingerprint density at radius 2 is 1.75 bits per heavy atom. The van der Waals surface area contributed by atoms with Gasteiger partial charge in [0.15, 0.2) is 22.1 Å². The van der Waals surface area contributed by atoms with Gasteiger partial charge in [-0.2, -0.15) is 0 Å². The minimum absolute atomic E-state index is 0.0241. The van der Waals surface area contributed by atoms with E-state index < -0.39 is 15.7 Å². The fraction of sp³-hybridized carbons (Fsp3) is 0.136. The summed E-state index contributed by atoms with van der Waals surface area (Å²) in [5.41, 5.74) is 3.02. The normalized spacial score (nSPS) is 11.3. The molecule has 0 radical (unpaired) electrons. The van der Waals surface area contributed by atoms with Crippen LogP contribution in [0.15, 0.2) is 64.4 Å². The molecule has 0 unspecified atom stereocenters. The molecule has 32 heavy (non-hydrogen) atoms. The first-order chi connectivity index (χ1) is 15.2. The Morgan fingerprint density at radius 1 is 1.00 bits per heavy atom. The molecule has 1 amide bonds. The molecule has 0 aliphatic heterocycles. The van der Waals surface area contributed by atoms with Gasteiger partial charge in [-0.15, -0.1) is 0 Å². The topological polar surface area (TPSA) is 128 Å². The van der Waals surface area contributed by atoms with Gasteiger partial charge in [0.1, 0.15) is 17.2 Å². The first kappa shape index (κ1) is 21.3. The van der Waals surface area contributed by atoms with Gasteiger partial charge in [-0.1, -0.05) is 18.2 Å². The maximum atomic E-state index is 12.9. The van der Waals surface area contributed by atoms with Crippen molar-refractivity contribution in [3.05, 3.63) is 72.1 Å². The Balaban J connectivity index is 1.63. The quantitative estimate of drug-likeness (QED) is 0.490. The van der Waals surface area contributed by atoms with Crippen LogP contribution in [0.4, 0.5) is 5.82 Å². The fourth-order valence-electron chi connectivity index (χ4n) is 3.10. The molecule has 162 valence electrons. The van der Waals surface area contributed by atoms with Crippen LogP contribution in [0.5, 0.6) is 0 Å². The standard InChI is InChI=1S/C22H19N5O4S/c1-13-5-4-10-23-18(13)21-25-14(2)11-17(26-21)27-22(28)20-19(24-12-31-20)15-6-8-16(9-7-15)32(3,29)30/h4-12H,1-3H3,(H,25,26,27,28). The predicted molar refractivity (Wildman–Crippen MR) is 118 cm³/mol. The minimum Gasteiger partial charge on any atom is -0.438 e. The van der Waals surface area contributed by atoms with Crippen LogP contribution in [0.3, 0.4) is 0 Å². The van der Waals surface area contributed by atoms with Crippen LogP contribution in [-0.2, 0) is 9.84 Å². The number of amides is 1. The Hall–Kier alpha value is -3.92. The number of anilines is 1. The molecule has 0 spiro atoms. The lowest BCUT2D eigenvalue weighted by atomic mass is 10.1. The number of aromatic nitrogens is 4. The van der Waals surface area contributed by atoms with E-state index in [-0.39, 0.29) is 22.2 Å². The third kappa shape index (κ3) is 4.40. The monoisotopic (exact) mass is 449 g/mol. The zero-order valence-corrected chi connectivity index (χ0v) is 18.3. The van der Waals surface area contributed by atoms with E-state index in [4.69, 9.17) is 4.42 Å². The molecule has 3 aromatic heterocycles. The molecule has 3 heterocycles. The van der Waals surface area contributed by atoms with Crippen molar-refractivity contribution in [1.82, 2.24) is 19.9 Å². The van der Waals surface area contributed by atoms with Gasteiger partial charge in [0.05, 0.1) is 4.90 Å². The highest BCUT2D eigenvalue weighted by Crippen LogP contribution is 2.25. The molecular formula is C22H19N5O4S. The van der Waals surface area contributed by atoms with Crippen LogP contribution in [0.25, 0.3) is 22.8 Å². The summed E-state index contributed by atoms with van der Waals surface area (Å²) < 4.78 is 28.7. The van der Waals surface area contributed by atoms with Gasteiger partial charge in [0.25, 0.3) is 5.91 Å². The molecule has 4 aromatic rings. The smallest absolute Gasteiger partial charge is 0.294 e. The van der Waals surface area contributed by atoms with Crippen LogP contribution in [0.2, 0.25) is 0 Å². The van der Waals surface area contributed by atoms with Crippen molar-refractivity contribution >= 4 is 21.6 Å². The second-order valence-corrected chi connectivity index (χ2v) is 9.18. The molecule has 1 N–H and O–H groups in total. The van der Waals surface area contributed by atoms with Gasteiger partial charge in [-0.25, -0.2) is 23.4 Å². The van der Waals surface area contributed by atoms with E-state index in [1.54, 1.807) is 31.3 Å².